The van der Waals surface area contributed by atoms with Crippen LogP contribution < -0.4 is 10.1 Å². The van der Waals surface area contributed by atoms with Crippen LogP contribution in [0.1, 0.15) is 16.5 Å². The summed E-state index contributed by atoms with van der Waals surface area (Å²) in [6.07, 6.45) is 0.755. The number of ether oxygens (including phenoxy) is 1. The van der Waals surface area contributed by atoms with Crippen LogP contribution in [0.5, 0.6) is 5.75 Å². The van der Waals surface area contributed by atoms with Crippen LogP contribution in [0.15, 0.2) is 53.0 Å². The zero-order valence-corrected chi connectivity index (χ0v) is 16.1. The highest BCUT2D eigenvalue weighted by molar-refractivity contribution is 7.10. The molecule has 7 heteroatoms. The van der Waals surface area contributed by atoms with E-state index in [0.717, 1.165) is 28.3 Å². The first kappa shape index (κ1) is 17.6. The van der Waals surface area contributed by atoms with Crippen molar-refractivity contribution in [1.29, 1.82) is 0 Å². The van der Waals surface area contributed by atoms with Crippen molar-refractivity contribution in [3.63, 3.8) is 0 Å². The minimum absolute atomic E-state index is 0.00348. The van der Waals surface area contributed by atoms with Crippen molar-refractivity contribution in [2.45, 2.75) is 12.5 Å². The Balaban J connectivity index is 1.52. The van der Waals surface area contributed by atoms with Gasteiger partial charge in [-0.05, 0) is 35.6 Å². The van der Waals surface area contributed by atoms with E-state index in [1.54, 1.807) is 30.4 Å². The number of amides is 3. The molecular formula is C20H21N3O3S. The molecule has 1 unspecified atom stereocenters. The van der Waals surface area contributed by atoms with E-state index in [1.807, 2.05) is 46.7 Å². The summed E-state index contributed by atoms with van der Waals surface area (Å²) in [7, 11) is 3.36. The Morgan fingerprint density at radius 1 is 1.22 bits per heavy atom. The number of hydrogen-bond acceptors (Lipinski definition) is 4. The second-order valence-corrected chi connectivity index (χ2v) is 7.62. The van der Waals surface area contributed by atoms with Crippen molar-refractivity contribution in [1.82, 2.24) is 15.1 Å². The molecule has 3 amide bonds. The summed E-state index contributed by atoms with van der Waals surface area (Å²) in [6, 6.07) is 11.2. The number of carbonyl (C=O) groups is 2. The molecule has 0 radical (unpaired) electrons. The Morgan fingerprint density at radius 2 is 2.00 bits per heavy atom. The number of hydrogen-bond donors (Lipinski definition) is 1. The van der Waals surface area contributed by atoms with E-state index in [0.29, 0.717) is 18.7 Å². The number of likely N-dealkylation sites (N-methyl/N-ethyl adjacent to an activating group) is 1. The average molecular weight is 383 g/mol. The fourth-order valence-corrected chi connectivity index (χ4v) is 4.31. The van der Waals surface area contributed by atoms with E-state index in [2.05, 4.69) is 5.32 Å². The molecule has 2 aliphatic rings. The van der Waals surface area contributed by atoms with Crippen LogP contribution in [0.25, 0.3) is 0 Å². The highest BCUT2D eigenvalue weighted by Gasteiger charge is 2.42. The van der Waals surface area contributed by atoms with Gasteiger partial charge in [0.2, 0.25) is 0 Å². The number of rotatable bonds is 5. The van der Waals surface area contributed by atoms with Crippen molar-refractivity contribution in [2.24, 2.45) is 0 Å². The minimum atomic E-state index is -0.359. The van der Waals surface area contributed by atoms with E-state index in [-0.39, 0.29) is 18.0 Å². The van der Waals surface area contributed by atoms with Crippen molar-refractivity contribution in [3.05, 3.63) is 63.5 Å². The van der Waals surface area contributed by atoms with Gasteiger partial charge in [-0.3, -0.25) is 9.69 Å². The van der Waals surface area contributed by atoms with Crippen molar-refractivity contribution < 1.29 is 14.3 Å². The zero-order chi connectivity index (χ0) is 19.0. The highest BCUT2D eigenvalue weighted by atomic mass is 32.1. The van der Waals surface area contributed by atoms with Crippen LogP contribution in [0, 0.1) is 0 Å². The molecule has 0 spiro atoms. The molecule has 1 aromatic heterocycles. The first-order valence-electron chi connectivity index (χ1n) is 8.81. The summed E-state index contributed by atoms with van der Waals surface area (Å²) in [4.78, 5) is 29.8. The van der Waals surface area contributed by atoms with Gasteiger partial charge >= 0.3 is 6.03 Å². The molecule has 0 saturated heterocycles. The van der Waals surface area contributed by atoms with Crippen LogP contribution in [0.4, 0.5) is 4.79 Å². The molecule has 0 bridgehead atoms. The molecule has 1 N–H and O–H groups in total. The fourth-order valence-electron chi connectivity index (χ4n) is 3.53. The molecule has 2 aliphatic heterocycles. The summed E-state index contributed by atoms with van der Waals surface area (Å²) in [5.41, 5.74) is 2.64. The van der Waals surface area contributed by atoms with Gasteiger partial charge in [0.25, 0.3) is 5.91 Å². The van der Waals surface area contributed by atoms with Gasteiger partial charge in [0, 0.05) is 18.5 Å². The quantitative estimate of drug-likeness (QED) is 0.864. The normalized spacial score (nSPS) is 19.4. The molecule has 27 heavy (non-hydrogen) atoms. The van der Waals surface area contributed by atoms with E-state index < -0.39 is 0 Å². The number of nitrogens with zero attached hydrogens (tertiary/aromatic N) is 2. The predicted octanol–water partition coefficient (Wildman–Crippen LogP) is 2.79. The largest absolute Gasteiger partial charge is 0.497 e. The lowest BCUT2D eigenvalue weighted by Gasteiger charge is -2.30. The Bertz CT molecular complexity index is 890. The van der Waals surface area contributed by atoms with Gasteiger partial charge in [-0.2, -0.15) is 0 Å². The highest BCUT2D eigenvalue weighted by Crippen LogP contribution is 2.37. The second-order valence-electron chi connectivity index (χ2n) is 6.64. The third-order valence-corrected chi connectivity index (χ3v) is 6.03. The Morgan fingerprint density at radius 3 is 2.67 bits per heavy atom. The fraction of sp³-hybridized carbons (Fsp3) is 0.300. The molecule has 140 valence electrons. The van der Waals surface area contributed by atoms with E-state index in [1.165, 1.54) is 0 Å². The van der Waals surface area contributed by atoms with Gasteiger partial charge in [-0.15, -0.1) is 11.3 Å². The summed E-state index contributed by atoms with van der Waals surface area (Å²) in [5, 5.41) is 4.91. The van der Waals surface area contributed by atoms with E-state index >= 15 is 0 Å². The van der Waals surface area contributed by atoms with Gasteiger partial charge in [0.05, 0.1) is 31.0 Å². The molecule has 0 aliphatic carbocycles. The van der Waals surface area contributed by atoms with Crippen LogP contribution >= 0.6 is 11.3 Å². The van der Waals surface area contributed by atoms with Gasteiger partial charge in [-0.25, -0.2) is 4.79 Å². The zero-order valence-electron chi connectivity index (χ0n) is 15.3. The minimum Gasteiger partial charge on any atom is -0.497 e. The summed E-state index contributed by atoms with van der Waals surface area (Å²) < 4.78 is 5.18. The second kappa shape index (κ2) is 7.08. The lowest BCUT2D eigenvalue weighted by atomic mass is 10.0. The first-order valence-corrected chi connectivity index (χ1v) is 9.69. The topological polar surface area (TPSA) is 61.9 Å². The first-order chi connectivity index (χ1) is 13.1. The Hall–Kier alpha value is -2.80. The van der Waals surface area contributed by atoms with Crippen molar-refractivity contribution in [3.8, 4) is 5.75 Å². The van der Waals surface area contributed by atoms with E-state index in [9.17, 15) is 9.59 Å². The van der Waals surface area contributed by atoms with Crippen LogP contribution in [0.3, 0.4) is 0 Å². The molecule has 0 saturated carbocycles. The molecule has 2 aromatic rings. The standard InChI is InChI=1S/C20H21N3O3S/c1-22-15-12-23(10-9-13-5-7-14(26-2)8-6-13)19(24)17(15)18(21-20(22)25)16-4-3-11-27-16/h3-8,11,18H,9-10,12H2,1-2H3,(H,21,25). The van der Waals surface area contributed by atoms with Gasteiger partial charge in [-0.1, -0.05) is 18.2 Å². The molecule has 1 atom stereocenters. The van der Waals surface area contributed by atoms with Crippen LogP contribution in [-0.2, 0) is 11.2 Å². The van der Waals surface area contributed by atoms with Crippen molar-refractivity contribution in [2.75, 3.05) is 27.2 Å². The maximum atomic E-state index is 13.1. The van der Waals surface area contributed by atoms with Gasteiger partial charge < -0.3 is 15.0 Å². The summed E-state index contributed by atoms with van der Waals surface area (Å²) >= 11 is 1.55. The molecule has 6 nitrogen and oxygen atoms in total. The van der Waals surface area contributed by atoms with Crippen LogP contribution in [0.2, 0.25) is 0 Å². The third kappa shape index (κ3) is 3.19. The Kier molecular flexibility index (Phi) is 4.61. The van der Waals surface area contributed by atoms with Crippen molar-refractivity contribution >= 4 is 23.3 Å². The lowest BCUT2D eigenvalue weighted by molar-refractivity contribution is -0.125. The number of urea groups is 1. The molecular weight excluding hydrogens is 362 g/mol. The lowest BCUT2D eigenvalue weighted by Crippen LogP contribution is -2.45. The van der Waals surface area contributed by atoms with E-state index in [4.69, 9.17) is 4.74 Å². The average Bonchev–Trinajstić information content (AvgIpc) is 3.32. The predicted molar refractivity (Wildman–Crippen MR) is 104 cm³/mol. The summed E-state index contributed by atoms with van der Waals surface area (Å²) in [6.45, 7) is 1.08. The maximum absolute atomic E-state index is 13.1. The van der Waals surface area contributed by atoms with Gasteiger partial charge in [0.1, 0.15) is 5.75 Å². The number of methoxy groups -OCH3 is 1. The number of thiophene rings is 1. The van der Waals surface area contributed by atoms with Gasteiger partial charge in [0.15, 0.2) is 0 Å². The smallest absolute Gasteiger partial charge is 0.322 e. The maximum Gasteiger partial charge on any atom is 0.322 e. The third-order valence-electron chi connectivity index (χ3n) is 5.09. The number of nitrogens with one attached hydrogen (secondary N) is 1. The molecule has 0 fully saturated rings. The summed E-state index contributed by atoms with van der Waals surface area (Å²) in [5.74, 6) is 0.821. The van der Waals surface area contributed by atoms with Crippen LogP contribution in [-0.4, -0.2) is 49.0 Å². The Labute approximate surface area is 162 Å². The monoisotopic (exact) mass is 383 g/mol. The SMILES string of the molecule is COc1ccc(CCN2CC3=C(C2=O)C(c2cccs2)NC(=O)N3C)cc1. The number of benzene rings is 1. The molecule has 1 aromatic carbocycles. The molecule has 3 heterocycles. The number of carbonyl (C=O) groups excluding carboxylic acids is 2. The molecule has 4 rings (SSSR count).